The second-order valence-corrected chi connectivity index (χ2v) is 5.91. The van der Waals surface area contributed by atoms with Crippen LogP contribution in [0.2, 0.25) is 0 Å². The van der Waals surface area contributed by atoms with E-state index in [1.54, 1.807) is 0 Å². The van der Waals surface area contributed by atoms with Crippen LogP contribution in [0.25, 0.3) is 11.0 Å². The van der Waals surface area contributed by atoms with Crippen molar-refractivity contribution in [1.82, 2.24) is 24.6 Å². The van der Waals surface area contributed by atoms with Crippen LogP contribution in [-0.2, 0) is 0 Å². The highest BCUT2D eigenvalue weighted by Gasteiger charge is 2.26. The molecule has 2 heterocycles. The van der Waals surface area contributed by atoms with Gasteiger partial charge in [-0.15, -0.1) is 0 Å². The van der Waals surface area contributed by atoms with E-state index < -0.39 is 0 Å². The first-order valence-corrected chi connectivity index (χ1v) is 7.19. The number of anilines is 1. The minimum absolute atomic E-state index is 0.427. The van der Waals surface area contributed by atoms with Crippen LogP contribution in [0.5, 0.6) is 0 Å². The van der Waals surface area contributed by atoms with Crippen LogP contribution >= 0.6 is 0 Å². The van der Waals surface area contributed by atoms with Crippen molar-refractivity contribution in [2.75, 3.05) is 19.8 Å². The second kappa shape index (κ2) is 5.01. The standard InChI is InChI=1S/C14H22N6/c1-9-12-13(15)16-8-17-14(12)20(18-9)11-6-4-10(5-7-11)19(2)3/h8,10-11H,4-7H2,1-3H3,(H2,15,16,17). The van der Waals surface area contributed by atoms with Crippen molar-refractivity contribution in [2.45, 2.75) is 44.7 Å². The van der Waals surface area contributed by atoms with E-state index >= 15 is 0 Å². The molecule has 0 unspecified atom stereocenters. The molecular weight excluding hydrogens is 252 g/mol. The third kappa shape index (κ3) is 2.14. The molecule has 2 aromatic rings. The largest absolute Gasteiger partial charge is 0.383 e. The maximum atomic E-state index is 5.95. The SMILES string of the molecule is Cc1nn(C2CCC(N(C)C)CC2)c2ncnc(N)c12. The average Bonchev–Trinajstić information content (AvgIpc) is 2.77. The summed E-state index contributed by atoms with van der Waals surface area (Å²) >= 11 is 0. The normalized spacial score (nSPS) is 23.6. The van der Waals surface area contributed by atoms with Gasteiger partial charge in [-0.25, -0.2) is 14.6 Å². The molecule has 108 valence electrons. The summed E-state index contributed by atoms with van der Waals surface area (Å²) in [6.45, 7) is 1.98. The number of aryl methyl sites for hydroxylation is 1. The number of nitrogens with two attached hydrogens (primary N) is 1. The van der Waals surface area contributed by atoms with Gasteiger partial charge in [0.05, 0.1) is 17.1 Å². The molecule has 2 aromatic heterocycles. The van der Waals surface area contributed by atoms with Crippen molar-refractivity contribution in [2.24, 2.45) is 0 Å². The number of nitrogen functional groups attached to an aromatic ring is 1. The van der Waals surface area contributed by atoms with Gasteiger partial charge in [0.2, 0.25) is 0 Å². The average molecular weight is 274 g/mol. The quantitative estimate of drug-likeness (QED) is 0.903. The van der Waals surface area contributed by atoms with E-state index in [1.807, 2.05) is 6.92 Å². The summed E-state index contributed by atoms with van der Waals surface area (Å²) in [6.07, 6.45) is 6.23. The van der Waals surface area contributed by atoms with Gasteiger partial charge in [0.15, 0.2) is 5.65 Å². The van der Waals surface area contributed by atoms with Crippen LogP contribution in [0, 0.1) is 6.92 Å². The van der Waals surface area contributed by atoms with Gasteiger partial charge in [0.1, 0.15) is 12.1 Å². The monoisotopic (exact) mass is 274 g/mol. The van der Waals surface area contributed by atoms with Gasteiger partial charge in [-0.1, -0.05) is 0 Å². The molecule has 0 bridgehead atoms. The van der Waals surface area contributed by atoms with Crippen molar-refractivity contribution in [3.63, 3.8) is 0 Å². The first kappa shape index (κ1) is 13.3. The predicted octanol–water partition coefficient (Wildman–Crippen LogP) is 1.76. The van der Waals surface area contributed by atoms with Crippen molar-refractivity contribution >= 4 is 16.9 Å². The van der Waals surface area contributed by atoms with E-state index in [1.165, 1.54) is 19.2 Å². The fourth-order valence-corrected chi connectivity index (χ4v) is 3.24. The van der Waals surface area contributed by atoms with E-state index in [0.29, 0.717) is 17.9 Å². The van der Waals surface area contributed by atoms with E-state index in [-0.39, 0.29) is 0 Å². The van der Waals surface area contributed by atoms with Crippen LogP contribution in [0.15, 0.2) is 6.33 Å². The number of nitrogens with zero attached hydrogens (tertiary/aromatic N) is 5. The Morgan fingerprint density at radius 3 is 2.55 bits per heavy atom. The molecule has 3 rings (SSSR count). The Hall–Kier alpha value is -1.69. The third-order valence-electron chi connectivity index (χ3n) is 4.44. The third-order valence-corrected chi connectivity index (χ3v) is 4.44. The van der Waals surface area contributed by atoms with Gasteiger partial charge in [-0.2, -0.15) is 5.10 Å². The fraction of sp³-hybridized carbons (Fsp3) is 0.643. The molecule has 0 aromatic carbocycles. The van der Waals surface area contributed by atoms with Crippen molar-refractivity contribution in [3.8, 4) is 0 Å². The topological polar surface area (TPSA) is 72.9 Å². The van der Waals surface area contributed by atoms with E-state index in [9.17, 15) is 0 Å². The van der Waals surface area contributed by atoms with Gasteiger partial charge in [-0.3, -0.25) is 0 Å². The second-order valence-electron chi connectivity index (χ2n) is 5.91. The number of hydrogen-bond donors (Lipinski definition) is 1. The molecule has 0 radical (unpaired) electrons. The number of aromatic nitrogens is 4. The Morgan fingerprint density at radius 2 is 1.90 bits per heavy atom. The maximum Gasteiger partial charge on any atom is 0.163 e. The zero-order chi connectivity index (χ0) is 14.3. The molecule has 1 saturated carbocycles. The van der Waals surface area contributed by atoms with Crippen molar-refractivity contribution in [1.29, 1.82) is 0 Å². The summed E-state index contributed by atoms with van der Waals surface area (Å²) in [6, 6.07) is 1.12. The van der Waals surface area contributed by atoms with Gasteiger partial charge in [0, 0.05) is 6.04 Å². The molecule has 20 heavy (non-hydrogen) atoms. The van der Waals surface area contributed by atoms with Crippen LogP contribution in [0.1, 0.15) is 37.4 Å². The number of rotatable bonds is 2. The van der Waals surface area contributed by atoms with Gasteiger partial charge >= 0.3 is 0 Å². The lowest BCUT2D eigenvalue weighted by atomic mass is 9.90. The van der Waals surface area contributed by atoms with E-state index in [0.717, 1.165) is 29.6 Å². The predicted molar refractivity (Wildman–Crippen MR) is 79.5 cm³/mol. The first-order chi connectivity index (χ1) is 9.58. The highest BCUT2D eigenvalue weighted by molar-refractivity contribution is 5.87. The molecule has 1 aliphatic carbocycles. The molecule has 6 nitrogen and oxygen atoms in total. The molecule has 0 amide bonds. The minimum Gasteiger partial charge on any atom is -0.383 e. The van der Waals surface area contributed by atoms with Gasteiger partial charge in [0.25, 0.3) is 0 Å². The van der Waals surface area contributed by atoms with Gasteiger partial charge < -0.3 is 10.6 Å². The Bertz CT molecular complexity index is 609. The Labute approximate surface area is 119 Å². The van der Waals surface area contributed by atoms with Crippen molar-refractivity contribution < 1.29 is 0 Å². The lowest BCUT2D eigenvalue weighted by Gasteiger charge is -2.32. The molecular formula is C14H22N6. The highest BCUT2D eigenvalue weighted by atomic mass is 15.3. The summed E-state index contributed by atoms with van der Waals surface area (Å²) in [7, 11) is 4.32. The van der Waals surface area contributed by atoms with E-state index in [4.69, 9.17) is 5.73 Å². The lowest BCUT2D eigenvalue weighted by molar-refractivity contribution is 0.191. The summed E-state index contributed by atoms with van der Waals surface area (Å²) in [5.41, 5.74) is 7.75. The summed E-state index contributed by atoms with van der Waals surface area (Å²) in [5, 5.41) is 5.57. The van der Waals surface area contributed by atoms with Gasteiger partial charge in [-0.05, 0) is 46.7 Å². The first-order valence-electron chi connectivity index (χ1n) is 7.19. The molecule has 1 aliphatic rings. The van der Waals surface area contributed by atoms with Crippen LogP contribution in [-0.4, -0.2) is 44.8 Å². The smallest absolute Gasteiger partial charge is 0.163 e. The molecule has 0 spiro atoms. The molecule has 1 fully saturated rings. The molecule has 0 atom stereocenters. The van der Waals surface area contributed by atoms with E-state index in [2.05, 4.69) is 38.7 Å². The summed E-state index contributed by atoms with van der Waals surface area (Å²) < 4.78 is 2.06. The highest BCUT2D eigenvalue weighted by Crippen LogP contribution is 2.33. The Kier molecular flexibility index (Phi) is 3.33. The minimum atomic E-state index is 0.427. The molecule has 0 aliphatic heterocycles. The zero-order valence-corrected chi connectivity index (χ0v) is 12.4. The lowest BCUT2D eigenvalue weighted by Crippen LogP contribution is -2.33. The summed E-state index contributed by atoms with van der Waals surface area (Å²) in [5.74, 6) is 0.528. The van der Waals surface area contributed by atoms with Crippen molar-refractivity contribution in [3.05, 3.63) is 12.0 Å². The van der Waals surface area contributed by atoms with Crippen LogP contribution in [0.3, 0.4) is 0 Å². The zero-order valence-electron chi connectivity index (χ0n) is 12.4. The molecule has 0 saturated heterocycles. The molecule has 2 N–H and O–H groups in total. The Morgan fingerprint density at radius 1 is 1.20 bits per heavy atom. The summed E-state index contributed by atoms with van der Waals surface area (Å²) in [4.78, 5) is 10.8. The number of fused-ring (bicyclic) bond motifs is 1. The Balaban J connectivity index is 1.91. The van der Waals surface area contributed by atoms with Crippen LogP contribution in [0.4, 0.5) is 5.82 Å². The molecule has 6 heteroatoms. The maximum absolute atomic E-state index is 5.95. The fourth-order valence-electron chi connectivity index (χ4n) is 3.24. The van der Waals surface area contributed by atoms with Crippen LogP contribution < -0.4 is 5.73 Å². The number of hydrogen-bond acceptors (Lipinski definition) is 5.